The van der Waals surface area contributed by atoms with Crippen LogP contribution >= 0.6 is 0 Å². The summed E-state index contributed by atoms with van der Waals surface area (Å²) in [5.41, 5.74) is -0.0739. The molecule has 0 bridgehead atoms. The van der Waals surface area contributed by atoms with Gasteiger partial charge in [-0.2, -0.15) is 9.97 Å². The number of piperidine rings is 1. The van der Waals surface area contributed by atoms with Crippen LogP contribution in [0.15, 0.2) is 24.3 Å². The molecule has 4 heterocycles. The Bertz CT molecular complexity index is 2060. The molecule has 2 aliphatic heterocycles. The summed E-state index contributed by atoms with van der Waals surface area (Å²) in [4.78, 5) is 21.8. The molecule has 2 saturated carbocycles. The van der Waals surface area contributed by atoms with Gasteiger partial charge >= 0.3 is 6.01 Å². The van der Waals surface area contributed by atoms with Gasteiger partial charge in [-0.15, -0.1) is 6.42 Å². The molecule has 2 aliphatic carbocycles. The third kappa shape index (κ3) is 6.07. The highest BCUT2D eigenvalue weighted by Gasteiger charge is 2.51. The highest BCUT2D eigenvalue weighted by Crippen LogP contribution is 2.51. The number of methoxy groups -OCH3 is 1. The van der Waals surface area contributed by atoms with Crippen LogP contribution in [0.2, 0.25) is 0 Å². The van der Waals surface area contributed by atoms with Crippen molar-refractivity contribution in [1.29, 1.82) is 0 Å². The van der Waals surface area contributed by atoms with E-state index in [4.69, 9.17) is 30.8 Å². The highest BCUT2D eigenvalue weighted by atomic mass is 19.1. The zero-order chi connectivity index (χ0) is 36.5. The Hall–Kier alpha value is -4.27. The molecule has 4 atom stereocenters. The monoisotopic (exact) mass is 710 g/mol. The number of nitrogens with zero attached hydrogens (tertiary/aromatic N) is 6. The summed E-state index contributed by atoms with van der Waals surface area (Å²) in [6, 6.07) is 6.49. The number of halogens is 2. The predicted octanol–water partition coefficient (Wildman–Crippen LogP) is 7.02. The number of terminal acetylenes is 1. The summed E-state index contributed by atoms with van der Waals surface area (Å²) < 4.78 is 44.8. The number of benzene rings is 2. The van der Waals surface area contributed by atoms with E-state index in [9.17, 15) is 5.11 Å². The molecule has 4 unspecified atom stereocenters. The van der Waals surface area contributed by atoms with Crippen molar-refractivity contribution in [2.75, 3.05) is 51.3 Å². The van der Waals surface area contributed by atoms with Gasteiger partial charge < -0.3 is 24.4 Å². The number of aromatic nitrogens is 3. The van der Waals surface area contributed by atoms with Crippen LogP contribution in [0.1, 0.15) is 65.4 Å². The number of rotatable bonds is 11. The van der Waals surface area contributed by atoms with Crippen LogP contribution in [0.3, 0.4) is 0 Å². The Balaban J connectivity index is 1.27. The van der Waals surface area contributed by atoms with Crippen LogP contribution < -0.4 is 14.4 Å². The molecule has 8 rings (SSSR count). The van der Waals surface area contributed by atoms with E-state index in [0.29, 0.717) is 42.3 Å². The van der Waals surface area contributed by atoms with Gasteiger partial charge in [0.1, 0.15) is 34.0 Å². The molecule has 4 fully saturated rings. The maximum atomic E-state index is 17.3. The van der Waals surface area contributed by atoms with Crippen LogP contribution in [0.25, 0.3) is 32.9 Å². The minimum absolute atomic E-state index is 0.0196. The molecule has 2 aromatic carbocycles. The average Bonchev–Trinajstić information content (AvgIpc) is 4.05. The lowest BCUT2D eigenvalue weighted by atomic mass is 9.95. The van der Waals surface area contributed by atoms with E-state index in [-0.39, 0.29) is 62.9 Å². The van der Waals surface area contributed by atoms with Gasteiger partial charge in [-0.25, -0.2) is 13.8 Å². The van der Waals surface area contributed by atoms with E-state index in [1.807, 2.05) is 0 Å². The molecule has 0 amide bonds. The lowest BCUT2D eigenvalue weighted by Crippen LogP contribution is -2.60. The number of anilines is 1. The van der Waals surface area contributed by atoms with Crippen molar-refractivity contribution in [3.8, 4) is 41.2 Å². The zero-order valence-electron chi connectivity index (χ0n) is 30.8. The number of ether oxygens (including phenoxy) is 2. The number of pyridine rings is 1. The number of hydrogen-bond acceptors (Lipinski definition) is 9. The molecule has 0 radical (unpaired) electrons. The number of phenolic OH excluding ortho intramolecular Hbond substituents is 1. The van der Waals surface area contributed by atoms with Crippen molar-refractivity contribution in [2.24, 2.45) is 17.3 Å². The van der Waals surface area contributed by atoms with Gasteiger partial charge in [0, 0.05) is 67.2 Å². The molecule has 11 heteroatoms. The summed E-state index contributed by atoms with van der Waals surface area (Å²) in [6.45, 7) is 14.0. The first-order chi connectivity index (χ1) is 25.1. The first kappa shape index (κ1) is 34.8. The fourth-order valence-corrected chi connectivity index (χ4v) is 9.08. The van der Waals surface area contributed by atoms with Crippen molar-refractivity contribution in [1.82, 2.24) is 24.8 Å². The molecule has 52 heavy (non-hydrogen) atoms. The van der Waals surface area contributed by atoms with Gasteiger partial charge in [0.15, 0.2) is 5.82 Å². The second kappa shape index (κ2) is 13.3. The second-order valence-electron chi connectivity index (χ2n) is 15.8. The van der Waals surface area contributed by atoms with E-state index < -0.39 is 11.6 Å². The van der Waals surface area contributed by atoms with Crippen LogP contribution in [-0.2, 0) is 0 Å². The molecular weight excluding hydrogens is 662 g/mol. The van der Waals surface area contributed by atoms with Crippen molar-refractivity contribution in [3.63, 3.8) is 0 Å². The molecule has 2 saturated heterocycles. The number of phenols is 1. The van der Waals surface area contributed by atoms with Gasteiger partial charge in [0.05, 0.1) is 19.3 Å². The minimum Gasteiger partial charge on any atom is -0.508 e. The zero-order valence-corrected chi connectivity index (χ0v) is 30.8. The first-order valence-electron chi connectivity index (χ1n) is 18.8. The van der Waals surface area contributed by atoms with Crippen LogP contribution in [0.4, 0.5) is 14.6 Å². The quantitative estimate of drug-likeness (QED) is 0.165. The van der Waals surface area contributed by atoms with E-state index in [1.54, 1.807) is 0 Å². The molecular formula is C41H48F2N6O3. The van der Waals surface area contributed by atoms with E-state index in [2.05, 4.69) is 48.3 Å². The Morgan fingerprint density at radius 3 is 2.33 bits per heavy atom. The Kier molecular flexibility index (Phi) is 8.90. The first-order valence-corrected chi connectivity index (χ1v) is 18.8. The Labute approximate surface area is 304 Å². The van der Waals surface area contributed by atoms with Gasteiger partial charge in [-0.05, 0) is 81.4 Å². The number of fused-ring (bicyclic) bond motifs is 3. The molecule has 4 aliphatic rings. The summed E-state index contributed by atoms with van der Waals surface area (Å²) >= 11 is 0. The molecule has 4 aromatic rings. The fraction of sp³-hybridized carbons (Fsp3) is 0.537. The smallest absolute Gasteiger partial charge is 0.319 e. The third-order valence-corrected chi connectivity index (χ3v) is 12.0. The summed E-state index contributed by atoms with van der Waals surface area (Å²) in [6.07, 6.45) is 11.1. The van der Waals surface area contributed by atoms with Crippen LogP contribution in [0.5, 0.6) is 17.6 Å². The van der Waals surface area contributed by atoms with Crippen LogP contribution in [-0.4, -0.2) is 94.4 Å². The second-order valence-corrected chi connectivity index (χ2v) is 15.8. The fourth-order valence-electron chi connectivity index (χ4n) is 9.08. The molecule has 9 nitrogen and oxygen atoms in total. The lowest BCUT2D eigenvalue weighted by Gasteiger charge is -2.49. The Morgan fingerprint density at radius 1 is 1.00 bits per heavy atom. The molecule has 1 N–H and O–H groups in total. The standard InChI is InChI=1S/C41H48F2N6O3/c1-7-27-19-48(20-28(8-2)49(27)23(4)5)38-34-37(45-40(46-38)52-22-41(12-13-41)21-47-17-25-14-26(25)18-47)35(43)36(44-39(34)51-6)31-16-29(50)15-24-10-11-32(42)30(9-3)33(24)31/h3,10-11,15-16,23,25-28,50H,7-8,12-14,17-22H2,1-2,4-6H3. The van der Waals surface area contributed by atoms with E-state index >= 15 is 8.78 Å². The SMILES string of the molecule is C#Cc1c(F)ccc2cc(O)cc(-c3nc(OC)c4c(N5CC(CC)N(C(C)C)C(CC)C5)nc(OCC5(CN6CC7CC7C6)CC5)nc4c3F)c12. The lowest BCUT2D eigenvalue weighted by molar-refractivity contribution is 0.0711. The predicted molar refractivity (Wildman–Crippen MR) is 199 cm³/mol. The maximum absolute atomic E-state index is 17.3. The van der Waals surface area contributed by atoms with Crippen LogP contribution in [0, 0.1) is 41.2 Å². The summed E-state index contributed by atoms with van der Waals surface area (Å²) in [5, 5.41) is 11.8. The van der Waals surface area contributed by atoms with Gasteiger partial charge in [0.25, 0.3) is 0 Å². The van der Waals surface area contributed by atoms with Crippen molar-refractivity contribution in [2.45, 2.75) is 77.9 Å². The highest BCUT2D eigenvalue weighted by molar-refractivity contribution is 6.04. The minimum atomic E-state index is -0.763. The van der Waals surface area contributed by atoms with Crippen molar-refractivity contribution < 1.29 is 23.4 Å². The number of aromatic hydroxyl groups is 1. The molecule has 2 aromatic heterocycles. The third-order valence-electron chi connectivity index (χ3n) is 12.0. The Morgan fingerprint density at radius 2 is 1.71 bits per heavy atom. The van der Waals surface area contributed by atoms with Gasteiger partial charge in [-0.1, -0.05) is 25.8 Å². The number of piperazine rings is 1. The number of hydrogen-bond donors (Lipinski definition) is 1. The number of likely N-dealkylation sites (tertiary alicyclic amines) is 1. The molecule has 274 valence electrons. The maximum Gasteiger partial charge on any atom is 0.319 e. The summed E-state index contributed by atoms with van der Waals surface area (Å²) in [7, 11) is 1.48. The topological polar surface area (TPSA) is 87.1 Å². The average molecular weight is 711 g/mol. The van der Waals surface area contributed by atoms with E-state index in [0.717, 1.165) is 44.1 Å². The van der Waals surface area contributed by atoms with Gasteiger partial charge in [-0.3, -0.25) is 4.90 Å². The van der Waals surface area contributed by atoms with Gasteiger partial charge in [0.2, 0.25) is 5.88 Å². The molecule has 0 spiro atoms. The largest absolute Gasteiger partial charge is 0.508 e. The van der Waals surface area contributed by atoms with Crippen molar-refractivity contribution >= 4 is 27.5 Å². The normalized spacial score (nSPS) is 24.0. The van der Waals surface area contributed by atoms with Crippen molar-refractivity contribution in [3.05, 3.63) is 41.5 Å². The van der Waals surface area contributed by atoms with E-state index in [1.165, 1.54) is 50.9 Å². The summed E-state index contributed by atoms with van der Waals surface area (Å²) in [5.74, 6) is 3.21.